The fourth-order valence-electron chi connectivity index (χ4n) is 5.07. The summed E-state index contributed by atoms with van der Waals surface area (Å²) in [6.45, 7) is 0.210. The normalized spacial score (nSPS) is 26.6. The van der Waals surface area contributed by atoms with Crippen molar-refractivity contribution in [2.75, 3.05) is 30.0 Å². The molecule has 184 valence electrons. The van der Waals surface area contributed by atoms with E-state index in [2.05, 4.69) is 15.2 Å². The van der Waals surface area contributed by atoms with Gasteiger partial charge < -0.3 is 5.32 Å². The third-order valence-electron chi connectivity index (χ3n) is 6.69. The van der Waals surface area contributed by atoms with Crippen LogP contribution >= 0.6 is 23.4 Å². The van der Waals surface area contributed by atoms with Gasteiger partial charge in [0, 0.05) is 43.0 Å². The van der Waals surface area contributed by atoms with Crippen LogP contribution in [0, 0.1) is 11.8 Å². The van der Waals surface area contributed by atoms with E-state index in [0.717, 1.165) is 23.3 Å². The van der Waals surface area contributed by atoms with Crippen LogP contribution in [0.25, 0.3) is 6.08 Å². The second kappa shape index (κ2) is 9.48. The quantitative estimate of drug-likeness (QED) is 0.573. The molecule has 1 aromatic carbocycles. The van der Waals surface area contributed by atoms with E-state index in [1.54, 1.807) is 11.8 Å². The first kappa shape index (κ1) is 24.1. The average Bonchev–Trinajstić information content (AvgIpc) is 3.47. The number of hydrogen-bond donors (Lipinski definition) is 1. The molecule has 2 amide bonds. The lowest BCUT2D eigenvalue weighted by atomic mass is 9.89. The molecule has 5 rings (SSSR count). The highest BCUT2D eigenvalue weighted by molar-refractivity contribution is 7.99. The summed E-state index contributed by atoms with van der Waals surface area (Å²) in [4.78, 5) is 33.9. The van der Waals surface area contributed by atoms with Crippen LogP contribution in [0.1, 0.15) is 11.1 Å². The first-order valence-corrected chi connectivity index (χ1v) is 12.7. The molecule has 3 aliphatic rings. The van der Waals surface area contributed by atoms with Crippen molar-refractivity contribution in [1.29, 1.82) is 0 Å². The number of carbonyl (C=O) groups is 2. The summed E-state index contributed by atoms with van der Waals surface area (Å²) in [5.41, 5.74) is 0.0810. The molecule has 0 spiro atoms. The maximum Gasteiger partial charge on any atom is 0.417 e. The molecule has 4 heterocycles. The van der Waals surface area contributed by atoms with Crippen molar-refractivity contribution in [1.82, 2.24) is 14.8 Å². The van der Waals surface area contributed by atoms with E-state index in [1.807, 2.05) is 42.5 Å². The Morgan fingerprint density at radius 2 is 1.91 bits per heavy atom. The van der Waals surface area contributed by atoms with Crippen LogP contribution in [0.2, 0.25) is 5.02 Å². The van der Waals surface area contributed by atoms with Crippen LogP contribution in [0.3, 0.4) is 0 Å². The van der Waals surface area contributed by atoms with Crippen molar-refractivity contribution in [3.05, 3.63) is 64.8 Å². The number of pyridine rings is 1. The Hall–Kier alpha value is -2.56. The highest BCUT2D eigenvalue weighted by Gasteiger charge is 2.62. The van der Waals surface area contributed by atoms with Crippen molar-refractivity contribution in [2.24, 2.45) is 11.8 Å². The van der Waals surface area contributed by atoms with E-state index in [4.69, 9.17) is 11.6 Å². The molecule has 2 aromatic rings. The summed E-state index contributed by atoms with van der Waals surface area (Å²) in [5, 5.41) is 2.66. The average molecular weight is 523 g/mol. The van der Waals surface area contributed by atoms with Crippen LogP contribution in [0.4, 0.5) is 19.0 Å². The summed E-state index contributed by atoms with van der Waals surface area (Å²) in [6, 6.07) is 10.4. The lowest BCUT2D eigenvalue weighted by Crippen LogP contribution is -2.43. The molecule has 4 atom stereocenters. The monoisotopic (exact) mass is 522 g/mol. The van der Waals surface area contributed by atoms with E-state index >= 15 is 0 Å². The number of aromatic nitrogens is 1. The molecule has 0 unspecified atom stereocenters. The van der Waals surface area contributed by atoms with E-state index in [0.29, 0.717) is 6.20 Å². The van der Waals surface area contributed by atoms with E-state index in [1.165, 1.54) is 4.90 Å². The topological polar surface area (TPSA) is 65.5 Å². The van der Waals surface area contributed by atoms with Crippen LogP contribution in [-0.2, 0) is 15.8 Å². The van der Waals surface area contributed by atoms with Gasteiger partial charge in [-0.15, -0.1) is 11.8 Å². The van der Waals surface area contributed by atoms with Crippen LogP contribution < -0.4 is 5.32 Å². The van der Waals surface area contributed by atoms with Gasteiger partial charge in [-0.3, -0.25) is 19.4 Å². The number of amides is 2. The van der Waals surface area contributed by atoms with Crippen molar-refractivity contribution < 1.29 is 22.8 Å². The number of nitrogens with one attached hydrogen (secondary N) is 1. The van der Waals surface area contributed by atoms with Crippen LogP contribution in [0.5, 0.6) is 0 Å². The molecule has 0 aliphatic carbocycles. The molecule has 3 aliphatic heterocycles. The van der Waals surface area contributed by atoms with Gasteiger partial charge in [0.2, 0.25) is 11.8 Å². The number of anilines is 1. The number of benzene rings is 1. The number of carbonyl (C=O) groups excluding carboxylic acids is 2. The van der Waals surface area contributed by atoms with Gasteiger partial charge in [0.05, 0.1) is 22.4 Å². The molecule has 3 saturated heterocycles. The molecule has 3 fully saturated rings. The third-order valence-corrected chi connectivity index (χ3v) is 8.04. The number of rotatable bonds is 6. The van der Waals surface area contributed by atoms with Crippen LogP contribution in [0.15, 0.2) is 48.7 Å². The Balaban J connectivity index is 1.28. The van der Waals surface area contributed by atoms with E-state index in [9.17, 15) is 22.8 Å². The summed E-state index contributed by atoms with van der Waals surface area (Å²) in [6.07, 6.45) is 0.172. The fourth-order valence-corrected chi connectivity index (χ4v) is 6.62. The zero-order chi connectivity index (χ0) is 24.7. The molecule has 1 aromatic heterocycles. The van der Waals surface area contributed by atoms with E-state index < -0.39 is 23.6 Å². The minimum absolute atomic E-state index is 0.0101. The Morgan fingerprint density at radius 1 is 1.17 bits per heavy atom. The Kier molecular flexibility index (Phi) is 6.54. The minimum atomic E-state index is -4.54. The van der Waals surface area contributed by atoms with Crippen molar-refractivity contribution in [3.63, 3.8) is 0 Å². The predicted molar refractivity (Wildman–Crippen MR) is 129 cm³/mol. The Labute approximate surface area is 209 Å². The number of hydrogen-bond acceptors (Lipinski definition) is 6. The first-order chi connectivity index (χ1) is 16.8. The minimum Gasteiger partial charge on any atom is -0.367 e. The van der Waals surface area contributed by atoms with Gasteiger partial charge in [-0.2, -0.15) is 13.2 Å². The number of halogens is 4. The first-order valence-electron chi connectivity index (χ1n) is 11.1. The third kappa shape index (κ3) is 4.54. The van der Waals surface area contributed by atoms with Gasteiger partial charge in [-0.25, -0.2) is 4.98 Å². The van der Waals surface area contributed by atoms with Gasteiger partial charge in [0.25, 0.3) is 0 Å². The van der Waals surface area contributed by atoms with E-state index in [-0.39, 0.29) is 47.8 Å². The molecule has 0 bridgehead atoms. The molecule has 11 heteroatoms. The molecule has 6 nitrogen and oxygen atoms in total. The molecule has 0 radical (unpaired) electrons. The smallest absolute Gasteiger partial charge is 0.367 e. The zero-order valence-corrected chi connectivity index (χ0v) is 20.0. The number of thioether (sulfide) groups is 1. The maximum atomic E-state index is 13.4. The lowest BCUT2D eigenvalue weighted by molar-refractivity contribution is -0.141. The largest absolute Gasteiger partial charge is 0.417 e. The van der Waals surface area contributed by atoms with Gasteiger partial charge in [0.15, 0.2) is 0 Å². The van der Waals surface area contributed by atoms with Gasteiger partial charge in [-0.05, 0) is 11.6 Å². The second-order valence-electron chi connectivity index (χ2n) is 8.70. The molecule has 35 heavy (non-hydrogen) atoms. The summed E-state index contributed by atoms with van der Waals surface area (Å²) >= 11 is 7.70. The second-order valence-corrected chi connectivity index (χ2v) is 10.1. The maximum absolute atomic E-state index is 13.4. The number of alkyl halides is 3. The zero-order valence-electron chi connectivity index (χ0n) is 18.4. The van der Waals surface area contributed by atoms with Gasteiger partial charge in [0.1, 0.15) is 5.82 Å². The van der Waals surface area contributed by atoms with Crippen LogP contribution in [-0.4, -0.2) is 63.4 Å². The number of fused-ring (bicyclic) bond motifs is 3. The Bertz CT molecular complexity index is 1160. The molecule has 1 N–H and O–H groups in total. The number of imide groups is 1. The summed E-state index contributed by atoms with van der Waals surface area (Å²) in [5.74, 6) is 0.406. The predicted octanol–water partition coefficient (Wildman–Crippen LogP) is 4.24. The fraction of sp³-hybridized carbons (Fsp3) is 0.375. The summed E-state index contributed by atoms with van der Waals surface area (Å²) < 4.78 is 38.5. The Morgan fingerprint density at radius 3 is 2.63 bits per heavy atom. The highest BCUT2D eigenvalue weighted by atomic mass is 35.5. The molecular formula is C24H22ClF3N4O2S. The van der Waals surface area contributed by atoms with Gasteiger partial charge >= 0.3 is 6.18 Å². The highest BCUT2D eigenvalue weighted by Crippen LogP contribution is 2.47. The molecular weight excluding hydrogens is 501 g/mol. The van der Waals surface area contributed by atoms with Crippen molar-refractivity contribution in [3.8, 4) is 0 Å². The molecule has 0 saturated carbocycles. The lowest BCUT2D eigenvalue weighted by Gasteiger charge is -2.26. The summed E-state index contributed by atoms with van der Waals surface area (Å²) in [7, 11) is 0. The number of likely N-dealkylation sites (tertiary alicyclic amines) is 1. The SMILES string of the molecule is O=C1[C@@H]2[C@@H](C(=O)N1CCNc1ncc(C(F)(F)F)cc1Cl)[C@H]1CSCN1[C@@H]2/C=C/c1ccccc1. The standard InChI is InChI=1S/C24H22ClF3N4O2S/c25-16-10-15(24(26,27)28)11-30-21(16)29-8-9-31-22(33)19-17(7-6-14-4-2-1-3-5-14)32-13-35-12-18(32)20(19)23(31)34/h1-7,10-11,17-20H,8-9,12-13H2,(H,29,30)/b7-6+/t17-,18-,19+,20+/m1/s1. The number of nitrogens with zero attached hydrogens (tertiary/aromatic N) is 3. The van der Waals surface area contributed by atoms with Gasteiger partial charge in [-0.1, -0.05) is 54.1 Å². The van der Waals surface area contributed by atoms with Crippen molar-refractivity contribution in [2.45, 2.75) is 18.3 Å². The van der Waals surface area contributed by atoms with Crippen molar-refractivity contribution >= 4 is 47.1 Å².